The van der Waals surface area contributed by atoms with Crippen molar-refractivity contribution in [3.8, 4) is 5.75 Å². The fourth-order valence-corrected chi connectivity index (χ4v) is 4.14. The van der Waals surface area contributed by atoms with Crippen LogP contribution in [0.4, 0.5) is 0 Å². The molecule has 0 radical (unpaired) electrons. The first-order chi connectivity index (χ1) is 14.1. The lowest BCUT2D eigenvalue weighted by molar-refractivity contribution is -0.140. The van der Waals surface area contributed by atoms with E-state index in [0.717, 1.165) is 69.3 Å². The summed E-state index contributed by atoms with van der Waals surface area (Å²) in [5.74, 6) is 2.04. The van der Waals surface area contributed by atoms with E-state index in [1.165, 1.54) is 0 Å². The number of likely N-dealkylation sites (tertiary alicyclic amines) is 1. The van der Waals surface area contributed by atoms with Gasteiger partial charge >= 0.3 is 0 Å². The molecule has 0 saturated carbocycles. The van der Waals surface area contributed by atoms with Crippen LogP contribution in [0.25, 0.3) is 0 Å². The van der Waals surface area contributed by atoms with Crippen LogP contribution in [-0.2, 0) is 16.0 Å². The highest BCUT2D eigenvalue weighted by atomic mass is 127. The quantitative estimate of drug-likeness (QED) is 0.347. The number of aliphatic imine (C=N–C) groups is 1. The van der Waals surface area contributed by atoms with E-state index in [1.54, 1.807) is 14.2 Å². The van der Waals surface area contributed by atoms with Crippen LogP contribution in [-0.4, -0.2) is 81.8 Å². The molecule has 2 aliphatic rings. The SMILES string of the molecule is CN=C(NCCc1ccc(OC)cc1Cl)N1CCC(C(=O)N2CCOCC2)CC1.I. The van der Waals surface area contributed by atoms with E-state index >= 15 is 0 Å². The molecule has 2 heterocycles. The number of ether oxygens (including phenoxy) is 2. The number of methoxy groups -OCH3 is 1. The molecular weight excluding hydrogens is 519 g/mol. The molecule has 168 valence electrons. The van der Waals surface area contributed by atoms with E-state index in [9.17, 15) is 4.79 Å². The maximum absolute atomic E-state index is 12.7. The molecule has 0 atom stereocenters. The predicted molar refractivity (Wildman–Crippen MR) is 130 cm³/mol. The van der Waals surface area contributed by atoms with Gasteiger partial charge in [0.1, 0.15) is 5.75 Å². The second-order valence-corrected chi connectivity index (χ2v) is 7.79. The average Bonchev–Trinajstić information content (AvgIpc) is 2.78. The lowest BCUT2D eigenvalue weighted by Crippen LogP contribution is -2.50. The van der Waals surface area contributed by atoms with Crippen molar-refractivity contribution in [2.75, 3.05) is 60.1 Å². The number of morpholine rings is 1. The van der Waals surface area contributed by atoms with E-state index in [0.29, 0.717) is 18.2 Å². The molecule has 1 aromatic carbocycles. The number of piperidine rings is 1. The number of halogens is 2. The number of amides is 1. The van der Waals surface area contributed by atoms with Crippen LogP contribution in [0.5, 0.6) is 5.75 Å². The number of carbonyl (C=O) groups is 1. The molecule has 2 aliphatic heterocycles. The van der Waals surface area contributed by atoms with Gasteiger partial charge in [-0.05, 0) is 37.0 Å². The molecule has 1 N–H and O–H groups in total. The number of nitrogens with one attached hydrogen (secondary N) is 1. The fourth-order valence-electron chi connectivity index (χ4n) is 3.88. The number of rotatable bonds is 5. The van der Waals surface area contributed by atoms with Crippen LogP contribution < -0.4 is 10.1 Å². The molecular formula is C21H32ClIN4O3. The molecule has 2 fully saturated rings. The Morgan fingerprint density at radius 2 is 1.93 bits per heavy atom. The summed E-state index contributed by atoms with van der Waals surface area (Å²) in [5, 5.41) is 4.14. The third kappa shape index (κ3) is 6.62. The summed E-state index contributed by atoms with van der Waals surface area (Å²) < 4.78 is 10.5. The van der Waals surface area contributed by atoms with Gasteiger partial charge in [0.15, 0.2) is 5.96 Å². The molecule has 0 unspecified atom stereocenters. The number of benzene rings is 1. The molecule has 0 aliphatic carbocycles. The third-order valence-electron chi connectivity index (χ3n) is 5.62. The van der Waals surface area contributed by atoms with Crippen LogP contribution in [0.3, 0.4) is 0 Å². The topological polar surface area (TPSA) is 66.4 Å². The minimum atomic E-state index is 0. The van der Waals surface area contributed by atoms with Crippen LogP contribution in [0.15, 0.2) is 23.2 Å². The summed E-state index contributed by atoms with van der Waals surface area (Å²) in [6, 6.07) is 5.75. The lowest BCUT2D eigenvalue weighted by atomic mass is 9.95. The molecule has 1 amide bonds. The van der Waals surface area contributed by atoms with E-state index in [4.69, 9.17) is 21.1 Å². The Balaban J connectivity index is 0.00000320. The molecule has 9 heteroatoms. The zero-order chi connectivity index (χ0) is 20.6. The van der Waals surface area contributed by atoms with Gasteiger partial charge in [-0.25, -0.2) is 0 Å². The minimum absolute atomic E-state index is 0. The van der Waals surface area contributed by atoms with E-state index in [1.807, 2.05) is 23.1 Å². The van der Waals surface area contributed by atoms with E-state index in [2.05, 4.69) is 15.2 Å². The highest BCUT2D eigenvalue weighted by Gasteiger charge is 2.30. The predicted octanol–water partition coefficient (Wildman–Crippen LogP) is 2.66. The van der Waals surface area contributed by atoms with Crippen molar-refractivity contribution in [3.05, 3.63) is 28.8 Å². The Labute approximate surface area is 201 Å². The first-order valence-corrected chi connectivity index (χ1v) is 10.6. The van der Waals surface area contributed by atoms with Gasteiger partial charge in [0.05, 0.1) is 20.3 Å². The fraction of sp³-hybridized carbons (Fsp3) is 0.619. The van der Waals surface area contributed by atoms with Crippen molar-refractivity contribution in [1.82, 2.24) is 15.1 Å². The summed E-state index contributed by atoms with van der Waals surface area (Å²) >= 11 is 6.32. The van der Waals surface area contributed by atoms with Crippen LogP contribution in [0, 0.1) is 5.92 Å². The van der Waals surface area contributed by atoms with Crippen LogP contribution in [0.1, 0.15) is 18.4 Å². The second-order valence-electron chi connectivity index (χ2n) is 7.38. The Kier molecular flexibility index (Phi) is 10.5. The molecule has 2 saturated heterocycles. The summed E-state index contributed by atoms with van der Waals surface area (Å²) in [6.07, 6.45) is 2.52. The molecule has 0 spiro atoms. The zero-order valence-corrected chi connectivity index (χ0v) is 20.8. The summed E-state index contributed by atoms with van der Waals surface area (Å²) in [6.45, 7) is 5.16. The van der Waals surface area contributed by atoms with Crippen molar-refractivity contribution in [2.24, 2.45) is 10.9 Å². The van der Waals surface area contributed by atoms with Gasteiger partial charge in [0.2, 0.25) is 5.91 Å². The normalized spacial score (nSPS) is 18.0. The largest absolute Gasteiger partial charge is 0.497 e. The first-order valence-electron chi connectivity index (χ1n) is 10.3. The van der Waals surface area contributed by atoms with Gasteiger partial charge in [0.25, 0.3) is 0 Å². The number of guanidine groups is 1. The highest BCUT2D eigenvalue weighted by Crippen LogP contribution is 2.23. The molecule has 0 bridgehead atoms. The molecule has 1 aromatic rings. The van der Waals surface area contributed by atoms with Crippen molar-refractivity contribution >= 4 is 47.4 Å². The van der Waals surface area contributed by atoms with Crippen molar-refractivity contribution in [2.45, 2.75) is 19.3 Å². The van der Waals surface area contributed by atoms with Gasteiger partial charge in [-0.2, -0.15) is 0 Å². The number of hydrogen-bond acceptors (Lipinski definition) is 4. The number of carbonyl (C=O) groups excluding carboxylic acids is 1. The Morgan fingerprint density at radius 3 is 2.53 bits per heavy atom. The zero-order valence-electron chi connectivity index (χ0n) is 17.7. The summed E-state index contributed by atoms with van der Waals surface area (Å²) in [4.78, 5) is 21.3. The average molecular weight is 551 g/mol. The number of nitrogens with zero attached hydrogens (tertiary/aromatic N) is 3. The van der Waals surface area contributed by atoms with Crippen molar-refractivity contribution < 1.29 is 14.3 Å². The second kappa shape index (κ2) is 12.6. The van der Waals surface area contributed by atoms with Crippen LogP contribution >= 0.6 is 35.6 Å². The highest BCUT2D eigenvalue weighted by molar-refractivity contribution is 14.0. The first kappa shape index (κ1) is 25.0. The van der Waals surface area contributed by atoms with Gasteiger partial charge in [-0.1, -0.05) is 17.7 Å². The van der Waals surface area contributed by atoms with Gasteiger partial charge in [-0.15, -0.1) is 24.0 Å². The molecule has 7 nitrogen and oxygen atoms in total. The van der Waals surface area contributed by atoms with Crippen molar-refractivity contribution in [3.63, 3.8) is 0 Å². The molecule has 0 aromatic heterocycles. The summed E-state index contributed by atoms with van der Waals surface area (Å²) in [7, 11) is 3.43. The smallest absolute Gasteiger partial charge is 0.225 e. The van der Waals surface area contributed by atoms with E-state index < -0.39 is 0 Å². The van der Waals surface area contributed by atoms with Crippen molar-refractivity contribution in [1.29, 1.82) is 0 Å². The maximum Gasteiger partial charge on any atom is 0.225 e. The lowest BCUT2D eigenvalue weighted by Gasteiger charge is -2.36. The standard InChI is InChI=1S/C21H31ClN4O3.HI/c1-23-21(24-8-5-16-3-4-18(28-2)15-19(16)22)26-9-6-17(7-10-26)20(27)25-11-13-29-14-12-25;/h3-4,15,17H,5-14H2,1-2H3,(H,23,24);1H. The van der Waals surface area contributed by atoms with Crippen LogP contribution in [0.2, 0.25) is 5.02 Å². The molecule has 3 rings (SSSR count). The van der Waals surface area contributed by atoms with Gasteiger partial charge in [-0.3, -0.25) is 9.79 Å². The molecule has 30 heavy (non-hydrogen) atoms. The monoisotopic (exact) mass is 550 g/mol. The Hall–Kier alpha value is -1.26. The minimum Gasteiger partial charge on any atom is -0.497 e. The summed E-state index contributed by atoms with van der Waals surface area (Å²) in [5.41, 5.74) is 1.07. The van der Waals surface area contributed by atoms with Gasteiger partial charge in [0, 0.05) is 50.7 Å². The third-order valence-corrected chi connectivity index (χ3v) is 5.97. The van der Waals surface area contributed by atoms with Gasteiger partial charge < -0.3 is 24.6 Å². The maximum atomic E-state index is 12.7. The Morgan fingerprint density at radius 1 is 1.23 bits per heavy atom. The Bertz CT molecular complexity index is 720. The number of hydrogen-bond donors (Lipinski definition) is 1. The van der Waals surface area contributed by atoms with E-state index in [-0.39, 0.29) is 35.8 Å².